The number of likely N-dealkylation sites (tertiary alicyclic amines) is 1. The molecule has 3 atom stereocenters. The molecule has 1 aliphatic heterocycles. The van der Waals surface area contributed by atoms with Crippen LogP contribution in [0.4, 0.5) is 13.2 Å². The first-order valence-electron chi connectivity index (χ1n) is 8.23. The maximum atomic E-state index is 13.0. The summed E-state index contributed by atoms with van der Waals surface area (Å²) in [6.07, 6.45) is 1.50. The van der Waals surface area contributed by atoms with E-state index in [-0.39, 0.29) is 24.8 Å². The molecule has 2 fully saturated rings. The van der Waals surface area contributed by atoms with Crippen LogP contribution in [0.1, 0.15) is 56.0 Å². The van der Waals surface area contributed by atoms with Gasteiger partial charge in [-0.05, 0) is 38.5 Å². The molecular formula is C16H21F3N2OS. The fraction of sp³-hybridized carbons (Fsp3) is 0.750. The minimum absolute atomic E-state index is 0.0522. The van der Waals surface area contributed by atoms with E-state index >= 15 is 0 Å². The highest BCUT2D eigenvalue weighted by atomic mass is 32.1. The van der Waals surface area contributed by atoms with E-state index in [9.17, 15) is 18.0 Å². The van der Waals surface area contributed by atoms with Crippen molar-refractivity contribution < 1.29 is 18.0 Å². The van der Waals surface area contributed by atoms with E-state index in [4.69, 9.17) is 0 Å². The summed E-state index contributed by atoms with van der Waals surface area (Å²) >= 11 is 1.52. The molecule has 128 valence electrons. The summed E-state index contributed by atoms with van der Waals surface area (Å²) in [5, 5.41) is 2.79. The van der Waals surface area contributed by atoms with Crippen LogP contribution in [0.25, 0.3) is 0 Å². The Morgan fingerprint density at radius 1 is 1.22 bits per heavy atom. The van der Waals surface area contributed by atoms with E-state index in [1.807, 2.05) is 5.38 Å². The number of piperidine rings is 1. The van der Waals surface area contributed by atoms with Gasteiger partial charge in [-0.25, -0.2) is 4.98 Å². The lowest BCUT2D eigenvalue weighted by Crippen LogP contribution is -2.44. The molecule has 1 aromatic heterocycles. The van der Waals surface area contributed by atoms with Crippen molar-refractivity contribution in [3.8, 4) is 0 Å². The summed E-state index contributed by atoms with van der Waals surface area (Å²) in [4.78, 5) is 19.0. The standard InChI is InChI=1S/C16H21F3N2OS/c17-16(18,19)12-5-3-4-11(10-12)15(22)21-8-2-1-6-13(21)14-20-7-9-23-14/h7,9,11-13H,1-6,8,10H2. The predicted octanol–water partition coefficient (Wildman–Crippen LogP) is 4.57. The summed E-state index contributed by atoms with van der Waals surface area (Å²) < 4.78 is 39.0. The number of hydrogen-bond donors (Lipinski definition) is 0. The van der Waals surface area contributed by atoms with Crippen molar-refractivity contribution in [3.63, 3.8) is 0 Å². The van der Waals surface area contributed by atoms with Crippen LogP contribution >= 0.6 is 11.3 Å². The van der Waals surface area contributed by atoms with Gasteiger partial charge in [0.15, 0.2) is 0 Å². The van der Waals surface area contributed by atoms with Gasteiger partial charge in [-0.1, -0.05) is 6.42 Å². The number of carbonyl (C=O) groups excluding carboxylic acids is 1. The SMILES string of the molecule is O=C(C1CCCC(C(F)(F)F)C1)N1CCCCC1c1nccs1. The maximum Gasteiger partial charge on any atom is 0.391 e. The van der Waals surface area contributed by atoms with Gasteiger partial charge in [0.05, 0.1) is 12.0 Å². The van der Waals surface area contributed by atoms with Crippen LogP contribution in [-0.2, 0) is 4.79 Å². The Morgan fingerprint density at radius 3 is 2.74 bits per heavy atom. The first-order chi connectivity index (χ1) is 11.0. The molecule has 0 radical (unpaired) electrons. The number of alkyl halides is 3. The van der Waals surface area contributed by atoms with Crippen molar-refractivity contribution in [2.24, 2.45) is 11.8 Å². The zero-order valence-corrected chi connectivity index (χ0v) is 13.7. The second-order valence-corrected chi connectivity index (χ2v) is 7.44. The first kappa shape index (κ1) is 16.7. The molecule has 1 saturated heterocycles. The molecule has 1 aliphatic carbocycles. The van der Waals surface area contributed by atoms with Gasteiger partial charge in [0.2, 0.25) is 5.91 Å². The van der Waals surface area contributed by atoms with Gasteiger partial charge in [-0.3, -0.25) is 4.79 Å². The van der Waals surface area contributed by atoms with Crippen LogP contribution in [0.5, 0.6) is 0 Å². The van der Waals surface area contributed by atoms with Gasteiger partial charge in [-0.15, -0.1) is 11.3 Å². The monoisotopic (exact) mass is 346 g/mol. The fourth-order valence-electron chi connectivity index (χ4n) is 3.80. The zero-order valence-electron chi connectivity index (χ0n) is 12.9. The van der Waals surface area contributed by atoms with E-state index in [0.717, 1.165) is 24.3 Å². The third kappa shape index (κ3) is 3.70. The van der Waals surface area contributed by atoms with Crippen LogP contribution in [0, 0.1) is 11.8 Å². The third-order valence-corrected chi connectivity index (χ3v) is 5.89. The van der Waals surface area contributed by atoms with E-state index in [2.05, 4.69) is 4.98 Å². The summed E-state index contributed by atoms with van der Waals surface area (Å²) in [7, 11) is 0. The first-order valence-corrected chi connectivity index (χ1v) is 9.11. The van der Waals surface area contributed by atoms with Crippen molar-refractivity contribution >= 4 is 17.2 Å². The van der Waals surface area contributed by atoms with Gasteiger partial charge >= 0.3 is 6.18 Å². The van der Waals surface area contributed by atoms with Gasteiger partial charge in [-0.2, -0.15) is 13.2 Å². The number of rotatable bonds is 2. The minimum Gasteiger partial charge on any atom is -0.333 e. The predicted molar refractivity (Wildman–Crippen MR) is 81.9 cm³/mol. The highest BCUT2D eigenvalue weighted by Crippen LogP contribution is 2.42. The third-order valence-electron chi connectivity index (χ3n) is 5.01. The lowest BCUT2D eigenvalue weighted by atomic mass is 9.80. The van der Waals surface area contributed by atoms with Gasteiger partial charge in [0, 0.05) is 24.0 Å². The molecule has 1 saturated carbocycles. The van der Waals surface area contributed by atoms with E-state index < -0.39 is 18.0 Å². The maximum absolute atomic E-state index is 13.0. The summed E-state index contributed by atoms with van der Waals surface area (Å²) in [6.45, 7) is 0.635. The molecule has 1 amide bonds. The Bertz CT molecular complexity index is 532. The second-order valence-electron chi connectivity index (χ2n) is 6.52. The number of carbonyl (C=O) groups is 1. The Morgan fingerprint density at radius 2 is 2.04 bits per heavy atom. The van der Waals surface area contributed by atoms with Crippen LogP contribution in [0.3, 0.4) is 0 Å². The molecule has 1 aromatic rings. The number of halogens is 3. The van der Waals surface area contributed by atoms with Crippen molar-refractivity contribution in [2.75, 3.05) is 6.54 Å². The van der Waals surface area contributed by atoms with Crippen molar-refractivity contribution in [1.82, 2.24) is 9.88 Å². The van der Waals surface area contributed by atoms with E-state index in [1.165, 1.54) is 11.3 Å². The number of aromatic nitrogens is 1. The Hall–Kier alpha value is -1.11. The summed E-state index contributed by atoms with van der Waals surface area (Å²) in [5.74, 6) is -1.91. The largest absolute Gasteiger partial charge is 0.391 e. The Labute approximate surface area is 137 Å². The van der Waals surface area contributed by atoms with Crippen molar-refractivity contribution in [1.29, 1.82) is 0 Å². The molecule has 0 spiro atoms. The summed E-state index contributed by atoms with van der Waals surface area (Å²) in [5.41, 5.74) is 0. The molecule has 0 bridgehead atoms. The molecule has 2 aliphatic rings. The highest BCUT2D eigenvalue weighted by Gasteiger charge is 2.45. The molecule has 0 aromatic carbocycles. The second kappa shape index (κ2) is 6.79. The average molecular weight is 346 g/mol. The number of hydrogen-bond acceptors (Lipinski definition) is 3. The Kier molecular flexibility index (Phi) is 4.94. The normalized spacial score (nSPS) is 29.5. The molecule has 3 rings (SSSR count). The number of thiazole rings is 1. The molecule has 7 heteroatoms. The van der Waals surface area contributed by atoms with Crippen LogP contribution in [0.15, 0.2) is 11.6 Å². The molecule has 3 nitrogen and oxygen atoms in total. The van der Waals surface area contributed by atoms with E-state index in [0.29, 0.717) is 19.4 Å². The molecule has 3 unspecified atom stereocenters. The Balaban J connectivity index is 1.72. The van der Waals surface area contributed by atoms with E-state index in [1.54, 1.807) is 11.1 Å². The van der Waals surface area contributed by atoms with Crippen LogP contribution in [0.2, 0.25) is 0 Å². The van der Waals surface area contributed by atoms with Crippen molar-refractivity contribution in [2.45, 2.75) is 57.2 Å². The van der Waals surface area contributed by atoms with Crippen molar-refractivity contribution in [3.05, 3.63) is 16.6 Å². The number of nitrogens with zero attached hydrogens (tertiary/aromatic N) is 2. The smallest absolute Gasteiger partial charge is 0.333 e. The van der Waals surface area contributed by atoms with Gasteiger partial charge < -0.3 is 4.90 Å². The van der Waals surface area contributed by atoms with Crippen LogP contribution < -0.4 is 0 Å². The molecule has 23 heavy (non-hydrogen) atoms. The number of amides is 1. The quantitative estimate of drug-likeness (QED) is 0.786. The van der Waals surface area contributed by atoms with Gasteiger partial charge in [0.25, 0.3) is 0 Å². The summed E-state index contributed by atoms with van der Waals surface area (Å²) in [6, 6.07) is -0.0532. The highest BCUT2D eigenvalue weighted by molar-refractivity contribution is 7.09. The molecule has 2 heterocycles. The van der Waals surface area contributed by atoms with Gasteiger partial charge in [0.1, 0.15) is 5.01 Å². The topological polar surface area (TPSA) is 33.2 Å². The minimum atomic E-state index is -4.18. The lowest BCUT2D eigenvalue weighted by molar-refractivity contribution is -0.187. The fourth-order valence-corrected chi connectivity index (χ4v) is 4.58. The lowest BCUT2D eigenvalue weighted by Gasteiger charge is -2.39. The molecular weight excluding hydrogens is 325 g/mol. The molecule has 0 N–H and O–H groups in total. The van der Waals surface area contributed by atoms with Crippen LogP contribution in [-0.4, -0.2) is 28.5 Å². The zero-order chi connectivity index (χ0) is 16.4. The average Bonchev–Trinajstić information content (AvgIpc) is 3.08.